The molecule has 0 atom stereocenters. The van der Waals surface area contributed by atoms with E-state index in [9.17, 15) is 9.59 Å². The molecule has 122 valence electrons. The summed E-state index contributed by atoms with van der Waals surface area (Å²) in [5, 5.41) is 2.83. The largest absolute Gasteiger partial charge is 0.350 e. The van der Waals surface area contributed by atoms with Crippen molar-refractivity contribution >= 4 is 50.7 Å². The molecule has 4 nitrogen and oxygen atoms in total. The van der Waals surface area contributed by atoms with E-state index in [2.05, 4.69) is 21.2 Å². The van der Waals surface area contributed by atoms with Gasteiger partial charge in [0.15, 0.2) is 0 Å². The number of halogens is 2. The number of nitrogens with zero attached hydrogens (tertiary/aromatic N) is 1. The lowest BCUT2D eigenvalue weighted by atomic mass is 10.1. The van der Waals surface area contributed by atoms with Gasteiger partial charge in [0.05, 0.1) is 5.69 Å². The van der Waals surface area contributed by atoms with Crippen LogP contribution in [0.15, 0.2) is 57.7 Å². The summed E-state index contributed by atoms with van der Waals surface area (Å²) in [5.74, 6) is -0.985. The molecular formula is C18H14BrClN2O2. The molecule has 0 saturated heterocycles. The first-order chi connectivity index (χ1) is 11.4. The third-order valence-electron chi connectivity index (χ3n) is 3.89. The molecule has 0 aliphatic carbocycles. The number of hydrogen-bond acceptors (Lipinski definition) is 3. The number of imide groups is 1. The molecule has 1 heterocycles. The van der Waals surface area contributed by atoms with Crippen LogP contribution in [0.4, 0.5) is 11.4 Å². The lowest BCUT2D eigenvalue weighted by Gasteiger charge is -2.16. The Morgan fingerprint density at radius 1 is 0.958 bits per heavy atom. The fraction of sp³-hybridized carbons (Fsp3) is 0.111. The van der Waals surface area contributed by atoms with E-state index in [-0.39, 0.29) is 10.7 Å². The molecule has 0 saturated carbocycles. The second kappa shape index (κ2) is 6.42. The smallest absolute Gasteiger partial charge is 0.283 e. The van der Waals surface area contributed by atoms with Crippen molar-refractivity contribution in [3.8, 4) is 0 Å². The Balaban J connectivity index is 1.92. The lowest BCUT2D eigenvalue weighted by Crippen LogP contribution is -2.32. The number of carbonyl (C=O) groups is 2. The molecule has 0 aromatic heterocycles. The van der Waals surface area contributed by atoms with Crippen LogP contribution in [0.25, 0.3) is 0 Å². The molecule has 0 radical (unpaired) electrons. The molecule has 2 amide bonds. The molecule has 0 spiro atoms. The fourth-order valence-corrected chi connectivity index (χ4v) is 2.87. The molecule has 0 fully saturated rings. The normalized spacial score (nSPS) is 14.6. The van der Waals surface area contributed by atoms with Gasteiger partial charge in [0.2, 0.25) is 0 Å². The highest BCUT2D eigenvalue weighted by Gasteiger charge is 2.39. The van der Waals surface area contributed by atoms with Gasteiger partial charge in [-0.1, -0.05) is 33.6 Å². The Morgan fingerprint density at radius 2 is 1.62 bits per heavy atom. The van der Waals surface area contributed by atoms with Crippen LogP contribution >= 0.6 is 27.5 Å². The average molecular weight is 406 g/mol. The van der Waals surface area contributed by atoms with Crippen LogP contribution in [-0.2, 0) is 9.59 Å². The van der Waals surface area contributed by atoms with Crippen LogP contribution in [-0.4, -0.2) is 11.8 Å². The minimum absolute atomic E-state index is 0.0854. The Hall–Kier alpha value is -2.11. The van der Waals surface area contributed by atoms with Crippen molar-refractivity contribution in [3.05, 3.63) is 68.8 Å². The highest BCUT2D eigenvalue weighted by atomic mass is 79.9. The minimum Gasteiger partial charge on any atom is -0.350 e. The minimum atomic E-state index is -0.524. The number of benzene rings is 2. The number of aryl methyl sites for hydroxylation is 2. The van der Waals surface area contributed by atoms with Crippen molar-refractivity contribution < 1.29 is 9.59 Å². The molecule has 3 rings (SSSR count). The van der Waals surface area contributed by atoms with Crippen LogP contribution in [0.1, 0.15) is 11.1 Å². The van der Waals surface area contributed by atoms with E-state index >= 15 is 0 Å². The average Bonchev–Trinajstić information content (AvgIpc) is 2.76. The zero-order chi connectivity index (χ0) is 17.4. The van der Waals surface area contributed by atoms with E-state index in [4.69, 9.17) is 11.6 Å². The first-order valence-corrected chi connectivity index (χ1v) is 8.44. The van der Waals surface area contributed by atoms with E-state index in [0.717, 1.165) is 20.5 Å². The molecule has 2 aromatic carbocycles. The Morgan fingerprint density at radius 3 is 2.25 bits per heavy atom. The zero-order valence-corrected chi connectivity index (χ0v) is 15.4. The second-order valence-corrected chi connectivity index (χ2v) is 6.83. The van der Waals surface area contributed by atoms with Crippen molar-refractivity contribution in [1.82, 2.24) is 0 Å². The maximum Gasteiger partial charge on any atom is 0.283 e. The molecule has 0 unspecified atom stereocenters. The number of nitrogens with one attached hydrogen (secondary N) is 1. The number of hydrogen-bond donors (Lipinski definition) is 1. The van der Waals surface area contributed by atoms with Gasteiger partial charge < -0.3 is 5.32 Å². The van der Waals surface area contributed by atoms with Gasteiger partial charge in [-0.15, -0.1) is 0 Å². The lowest BCUT2D eigenvalue weighted by molar-refractivity contribution is -0.120. The summed E-state index contributed by atoms with van der Waals surface area (Å²) in [6.07, 6.45) is 0. The molecule has 24 heavy (non-hydrogen) atoms. The van der Waals surface area contributed by atoms with Crippen LogP contribution in [0.2, 0.25) is 0 Å². The summed E-state index contributed by atoms with van der Waals surface area (Å²) in [4.78, 5) is 26.2. The molecule has 1 N–H and O–H groups in total. The monoisotopic (exact) mass is 404 g/mol. The van der Waals surface area contributed by atoms with Crippen molar-refractivity contribution in [2.24, 2.45) is 0 Å². The highest BCUT2D eigenvalue weighted by Crippen LogP contribution is 2.31. The van der Waals surface area contributed by atoms with Gasteiger partial charge in [-0.2, -0.15) is 0 Å². The van der Waals surface area contributed by atoms with Crippen LogP contribution in [0.3, 0.4) is 0 Å². The first-order valence-electron chi connectivity index (χ1n) is 7.27. The van der Waals surface area contributed by atoms with E-state index in [0.29, 0.717) is 11.4 Å². The molecular weight excluding hydrogens is 392 g/mol. The summed E-state index contributed by atoms with van der Waals surface area (Å²) < 4.78 is 0.915. The standard InChI is InChI=1S/C18H14BrClN2O2/c1-10-3-8-14(9-11(10)2)22-17(23)15(20)16(18(22)24)21-13-6-4-12(19)5-7-13/h3-9,21H,1-2H3. The summed E-state index contributed by atoms with van der Waals surface area (Å²) >= 11 is 9.47. The first kappa shape index (κ1) is 16.7. The summed E-state index contributed by atoms with van der Waals surface area (Å²) in [6.45, 7) is 3.90. The van der Waals surface area contributed by atoms with E-state index < -0.39 is 11.8 Å². The van der Waals surface area contributed by atoms with E-state index in [1.165, 1.54) is 0 Å². The van der Waals surface area contributed by atoms with Crippen LogP contribution in [0, 0.1) is 13.8 Å². The molecule has 2 aromatic rings. The van der Waals surface area contributed by atoms with Gasteiger partial charge in [-0.05, 0) is 61.4 Å². The van der Waals surface area contributed by atoms with Gasteiger partial charge in [0, 0.05) is 10.2 Å². The van der Waals surface area contributed by atoms with Gasteiger partial charge in [0.25, 0.3) is 11.8 Å². The third kappa shape index (κ3) is 2.97. The molecule has 6 heteroatoms. The topological polar surface area (TPSA) is 49.4 Å². The summed E-state index contributed by atoms with van der Waals surface area (Å²) in [5.41, 5.74) is 3.36. The van der Waals surface area contributed by atoms with Gasteiger partial charge in [0.1, 0.15) is 10.7 Å². The van der Waals surface area contributed by atoms with Crippen molar-refractivity contribution in [3.63, 3.8) is 0 Å². The Kier molecular flexibility index (Phi) is 4.47. The predicted molar refractivity (Wildman–Crippen MR) is 99.1 cm³/mol. The van der Waals surface area contributed by atoms with Crippen molar-refractivity contribution in [2.45, 2.75) is 13.8 Å². The van der Waals surface area contributed by atoms with Crippen LogP contribution in [0.5, 0.6) is 0 Å². The predicted octanol–water partition coefficient (Wildman–Crippen LogP) is 4.50. The van der Waals surface area contributed by atoms with Crippen molar-refractivity contribution in [1.29, 1.82) is 0 Å². The maximum absolute atomic E-state index is 12.7. The molecule has 1 aliphatic rings. The van der Waals surface area contributed by atoms with Gasteiger partial charge in [-0.3, -0.25) is 9.59 Å². The number of rotatable bonds is 3. The van der Waals surface area contributed by atoms with E-state index in [1.54, 1.807) is 24.3 Å². The maximum atomic E-state index is 12.7. The number of carbonyl (C=O) groups excluding carboxylic acids is 2. The van der Waals surface area contributed by atoms with E-state index in [1.807, 2.05) is 32.0 Å². The van der Waals surface area contributed by atoms with Gasteiger partial charge in [-0.25, -0.2) is 4.90 Å². The zero-order valence-electron chi connectivity index (χ0n) is 13.1. The van der Waals surface area contributed by atoms with Gasteiger partial charge >= 0.3 is 0 Å². The SMILES string of the molecule is Cc1ccc(N2C(=O)C(Cl)=C(Nc3ccc(Br)cc3)C2=O)cc1C. The third-order valence-corrected chi connectivity index (χ3v) is 4.77. The highest BCUT2D eigenvalue weighted by molar-refractivity contribution is 9.10. The quantitative estimate of drug-likeness (QED) is 0.765. The Bertz CT molecular complexity index is 875. The summed E-state index contributed by atoms with van der Waals surface area (Å²) in [6, 6.07) is 12.7. The number of anilines is 2. The Labute approximate surface area is 153 Å². The van der Waals surface area contributed by atoms with Crippen LogP contribution < -0.4 is 10.2 Å². The molecule has 0 bridgehead atoms. The second-order valence-electron chi connectivity index (χ2n) is 5.54. The van der Waals surface area contributed by atoms with Crippen molar-refractivity contribution in [2.75, 3.05) is 10.2 Å². The fourth-order valence-electron chi connectivity index (χ4n) is 2.39. The number of amides is 2. The molecule has 1 aliphatic heterocycles. The summed E-state index contributed by atoms with van der Waals surface area (Å²) in [7, 11) is 0.